The summed E-state index contributed by atoms with van der Waals surface area (Å²) in [5, 5.41) is 0. The Balaban J connectivity index is 3.80. The van der Waals surface area contributed by atoms with E-state index in [-0.39, 0.29) is 0 Å². The molecule has 0 heteroatoms. The summed E-state index contributed by atoms with van der Waals surface area (Å²) >= 11 is 0. The largest absolute Gasteiger partial charge is 0.0885 e. The van der Waals surface area contributed by atoms with Crippen molar-refractivity contribution >= 4 is 0 Å². The first-order valence-corrected chi connectivity index (χ1v) is 4.28. The summed E-state index contributed by atoms with van der Waals surface area (Å²) in [7, 11) is 0. The molecule has 0 aromatic heterocycles. The molecule has 62 valence electrons. The van der Waals surface area contributed by atoms with E-state index in [1.165, 1.54) is 5.57 Å². The maximum Gasteiger partial charge on any atom is -0.0101 e. The minimum absolute atomic E-state index is 1.06. The highest BCUT2D eigenvalue weighted by molar-refractivity contribution is 5.20. The molecule has 0 fully saturated rings. The molecule has 0 bridgehead atoms. The number of hydrogen-bond donors (Lipinski definition) is 0. The van der Waals surface area contributed by atoms with Crippen LogP contribution >= 0.6 is 0 Å². The molecule has 0 atom stereocenters. The summed E-state index contributed by atoms with van der Waals surface area (Å²) in [6.07, 6.45) is 13.0. The SMILES string of the molecule is C/C=C\C(=C/C)C/C=C\CC. The lowest BCUT2D eigenvalue weighted by Crippen LogP contribution is -1.73. The van der Waals surface area contributed by atoms with Crippen LogP contribution < -0.4 is 0 Å². The van der Waals surface area contributed by atoms with Crippen LogP contribution in [0.15, 0.2) is 36.0 Å². The number of rotatable bonds is 4. The van der Waals surface area contributed by atoms with Crippen LogP contribution in [0, 0.1) is 0 Å². The van der Waals surface area contributed by atoms with Gasteiger partial charge in [-0.15, -0.1) is 0 Å². The van der Waals surface area contributed by atoms with E-state index >= 15 is 0 Å². The van der Waals surface area contributed by atoms with Crippen LogP contribution in [0.2, 0.25) is 0 Å². The third-order valence-corrected chi connectivity index (χ3v) is 1.51. The Hall–Kier alpha value is -0.780. The van der Waals surface area contributed by atoms with E-state index in [1.54, 1.807) is 0 Å². The van der Waals surface area contributed by atoms with Gasteiger partial charge < -0.3 is 0 Å². The van der Waals surface area contributed by atoms with E-state index in [0.717, 1.165) is 12.8 Å². The van der Waals surface area contributed by atoms with Crippen molar-refractivity contribution in [3.05, 3.63) is 36.0 Å². The van der Waals surface area contributed by atoms with Gasteiger partial charge in [-0.05, 0) is 32.3 Å². The van der Waals surface area contributed by atoms with E-state index < -0.39 is 0 Å². The van der Waals surface area contributed by atoms with Crippen LogP contribution in [0.1, 0.15) is 33.6 Å². The molecular weight excluding hydrogens is 132 g/mol. The third kappa shape index (κ3) is 5.65. The molecule has 0 amide bonds. The highest BCUT2D eigenvalue weighted by Gasteiger charge is 1.83. The topological polar surface area (TPSA) is 0 Å². The van der Waals surface area contributed by atoms with Gasteiger partial charge in [0.2, 0.25) is 0 Å². The average molecular weight is 150 g/mol. The van der Waals surface area contributed by atoms with Crippen molar-refractivity contribution < 1.29 is 0 Å². The van der Waals surface area contributed by atoms with Crippen molar-refractivity contribution in [3.8, 4) is 0 Å². The predicted molar refractivity (Wildman–Crippen MR) is 52.6 cm³/mol. The highest BCUT2D eigenvalue weighted by Crippen LogP contribution is 2.04. The summed E-state index contributed by atoms with van der Waals surface area (Å²) in [5.74, 6) is 0. The Bertz CT molecular complexity index is 159. The smallest absolute Gasteiger partial charge is 0.0101 e. The molecule has 0 heterocycles. The minimum atomic E-state index is 1.06. The fourth-order valence-electron chi connectivity index (χ4n) is 0.882. The van der Waals surface area contributed by atoms with Crippen molar-refractivity contribution in [1.82, 2.24) is 0 Å². The second-order valence-corrected chi connectivity index (χ2v) is 2.45. The van der Waals surface area contributed by atoms with Gasteiger partial charge in [-0.1, -0.05) is 37.3 Å². The van der Waals surface area contributed by atoms with Gasteiger partial charge in [0.1, 0.15) is 0 Å². The Kier molecular flexibility index (Phi) is 6.81. The van der Waals surface area contributed by atoms with Gasteiger partial charge in [-0.3, -0.25) is 0 Å². The van der Waals surface area contributed by atoms with Gasteiger partial charge in [-0.25, -0.2) is 0 Å². The summed E-state index contributed by atoms with van der Waals surface area (Å²) in [6.45, 7) is 6.28. The van der Waals surface area contributed by atoms with E-state index in [2.05, 4.69) is 44.2 Å². The summed E-state index contributed by atoms with van der Waals surface area (Å²) in [5.41, 5.74) is 1.39. The van der Waals surface area contributed by atoms with Crippen LogP contribution in [0.5, 0.6) is 0 Å². The quantitative estimate of drug-likeness (QED) is 0.421. The first-order chi connectivity index (χ1) is 5.35. The van der Waals surface area contributed by atoms with Crippen molar-refractivity contribution in [2.24, 2.45) is 0 Å². The second-order valence-electron chi connectivity index (χ2n) is 2.45. The Morgan fingerprint density at radius 1 is 1.18 bits per heavy atom. The zero-order chi connectivity index (χ0) is 8.53. The van der Waals surface area contributed by atoms with Crippen LogP contribution in [-0.2, 0) is 0 Å². The van der Waals surface area contributed by atoms with Gasteiger partial charge in [0.15, 0.2) is 0 Å². The van der Waals surface area contributed by atoms with E-state index in [9.17, 15) is 0 Å². The lowest BCUT2D eigenvalue weighted by Gasteiger charge is -1.93. The van der Waals surface area contributed by atoms with Crippen LogP contribution in [0.4, 0.5) is 0 Å². The van der Waals surface area contributed by atoms with Crippen LogP contribution in [-0.4, -0.2) is 0 Å². The normalized spacial score (nSPS) is 13.5. The van der Waals surface area contributed by atoms with Gasteiger partial charge in [-0.2, -0.15) is 0 Å². The fourth-order valence-corrected chi connectivity index (χ4v) is 0.882. The predicted octanol–water partition coefficient (Wildman–Crippen LogP) is 3.87. The summed E-state index contributed by atoms with van der Waals surface area (Å²) in [6, 6.07) is 0. The molecule has 0 saturated heterocycles. The van der Waals surface area contributed by atoms with Gasteiger partial charge in [0, 0.05) is 0 Å². The van der Waals surface area contributed by atoms with Crippen molar-refractivity contribution in [1.29, 1.82) is 0 Å². The number of allylic oxidation sites excluding steroid dienone is 6. The molecule has 0 saturated carbocycles. The summed E-state index contributed by atoms with van der Waals surface area (Å²) in [4.78, 5) is 0. The molecule has 0 aromatic carbocycles. The molecular formula is C11H18. The maximum atomic E-state index is 2.22. The monoisotopic (exact) mass is 150 g/mol. The average Bonchev–Trinajstić information content (AvgIpc) is 2.03. The molecule has 0 nitrogen and oxygen atoms in total. The van der Waals surface area contributed by atoms with Gasteiger partial charge >= 0.3 is 0 Å². The Morgan fingerprint density at radius 2 is 1.91 bits per heavy atom. The Labute approximate surface area is 70.3 Å². The molecule has 0 N–H and O–H groups in total. The molecule has 0 spiro atoms. The molecule has 0 aliphatic heterocycles. The molecule has 0 unspecified atom stereocenters. The number of hydrogen-bond acceptors (Lipinski definition) is 0. The third-order valence-electron chi connectivity index (χ3n) is 1.51. The molecule has 0 radical (unpaired) electrons. The molecule has 11 heavy (non-hydrogen) atoms. The highest BCUT2D eigenvalue weighted by atomic mass is 13.9. The molecule has 0 aliphatic carbocycles. The minimum Gasteiger partial charge on any atom is -0.0885 e. The van der Waals surface area contributed by atoms with Crippen molar-refractivity contribution in [2.75, 3.05) is 0 Å². The lowest BCUT2D eigenvalue weighted by molar-refractivity contribution is 1.18. The standard InChI is InChI=1S/C11H18/c1-4-7-8-10-11(6-3)9-5-2/h5-9H,4,10H2,1-3H3/b8-7-,9-5-,11-6+. The maximum absolute atomic E-state index is 2.22. The van der Waals surface area contributed by atoms with Gasteiger partial charge in [0.05, 0.1) is 0 Å². The molecule has 0 aromatic rings. The summed E-state index contributed by atoms with van der Waals surface area (Å²) < 4.78 is 0. The first-order valence-electron chi connectivity index (χ1n) is 4.28. The van der Waals surface area contributed by atoms with Crippen molar-refractivity contribution in [3.63, 3.8) is 0 Å². The van der Waals surface area contributed by atoms with Crippen molar-refractivity contribution in [2.45, 2.75) is 33.6 Å². The zero-order valence-corrected chi connectivity index (χ0v) is 7.80. The van der Waals surface area contributed by atoms with E-state index in [0.29, 0.717) is 0 Å². The molecule has 0 rings (SSSR count). The first kappa shape index (κ1) is 10.2. The lowest BCUT2D eigenvalue weighted by atomic mass is 10.1. The van der Waals surface area contributed by atoms with Gasteiger partial charge in [0.25, 0.3) is 0 Å². The van der Waals surface area contributed by atoms with Crippen LogP contribution in [0.3, 0.4) is 0 Å². The second kappa shape index (κ2) is 7.33. The Morgan fingerprint density at radius 3 is 2.36 bits per heavy atom. The van der Waals surface area contributed by atoms with E-state index in [4.69, 9.17) is 0 Å². The molecule has 0 aliphatic rings. The zero-order valence-electron chi connectivity index (χ0n) is 7.80. The van der Waals surface area contributed by atoms with E-state index in [1.807, 2.05) is 6.92 Å². The fraction of sp³-hybridized carbons (Fsp3) is 0.455. The van der Waals surface area contributed by atoms with Crippen LogP contribution in [0.25, 0.3) is 0 Å².